The summed E-state index contributed by atoms with van der Waals surface area (Å²) in [7, 11) is 0. The Morgan fingerprint density at radius 2 is 0.919 bits per heavy atom. The summed E-state index contributed by atoms with van der Waals surface area (Å²) < 4.78 is 4.94. The maximum Gasteiger partial charge on any atom is 0.0643 e. The smallest absolute Gasteiger partial charge is 0.0643 e. The summed E-state index contributed by atoms with van der Waals surface area (Å²) in [6.45, 7) is 0. The molecular formula is C71H48N2S. The standard InChI is InChI=1S/C71H48N2S/c1-6-21-48(22-7-1)49-37-40-56(41-38-49)72(54-27-12-4-13-28-54)67-47-53(69(51-25-10-3-11-26-51)62-43-42-57(50-23-8-2-9-24-50)59-31-16-17-32-60(59)62)46-65-64-45-52(39-44-68(64)74-71(65)67)58-34-20-35-63-61-33-18-19-36-66(61)73(70(58)63)55-29-14-5-15-30-55/h1-47,69H. The maximum atomic E-state index is 2.52. The molecule has 2 nitrogen and oxygen atoms in total. The summed E-state index contributed by atoms with van der Waals surface area (Å²) in [6, 6.07) is 105. The van der Waals surface area contributed by atoms with Crippen LogP contribution in [0.2, 0.25) is 0 Å². The van der Waals surface area contributed by atoms with Gasteiger partial charge in [0.2, 0.25) is 0 Å². The van der Waals surface area contributed by atoms with E-state index in [0.29, 0.717) is 0 Å². The molecule has 0 N–H and O–H groups in total. The molecule has 14 rings (SSSR count). The number of anilines is 3. The minimum Gasteiger partial charge on any atom is -0.309 e. The Hall–Kier alpha value is -9.28. The van der Waals surface area contributed by atoms with E-state index in [4.69, 9.17) is 0 Å². The van der Waals surface area contributed by atoms with Crippen LogP contribution in [0.4, 0.5) is 17.1 Å². The number of aromatic nitrogens is 1. The zero-order valence-electron chi connectivity index (χ0n) is 40.5. The molecule has 1 atom stereocenters. The quantitative estimate of drug-likeness (QED) is 0.124. The lowest BCUT2D eigenvalue weighted by molar-refractivity contribution is 0.991. The fraction of sp³-hybridized carbons (Fsp3) is 0.0141. The topological polar surface area (TPSA) is 8.17 Å². The van der Waals surface area contributed by atoms with Gasteiger partial charge >= 0.3 is 0 Å². The third-order valence-electron chi connectivity index (χ3n) is 14.9. The van der Waals surface area contributed by atoms with Crippen LogP contribution in [0.1, 0.15) is 22.6 Å². The molecule has 1 unspecified atom stereocenters. The molecular weight excluding hydrogens is 913 g/mol. The van der Waals surface area contributed by atoms with Crippen molar-refractivity contribution >= 4 is 81.1 Å². The van der Waals surface area contributed by atoms with E-state index in [9.17, 15) is 0 Å². The van der Waals surface area contributed by atoms with Crippen LogP contribution in [0, 0.1) is 0 Å². The van der Waals surface area contributed by atoms with Crippen LogP contribution < -0.4 is 4.90 Å². The number of thiophene rings is 1. The molecule has 74 heavy (non-hydrogen) atoms. The van der Waals surface area contributed by atoms with Gasteiger partial charge in [-0.3, -0.25) is 0 Å². The van der Waals surface area contributed by atoms with Gasteiger partial charge in [-0.1, -0.05) is 218 Å². The molecule has 12 aromatic carbocycles. The SMILES string of the molecule is c1ccc(-c2ccc(N(c3ccccc3)c3cc(C(c4ccccc4)c4ccc(-c5ccccc5)c5ccccc45)cc4c3sc3ccc(-c5cccc6c7ccccc7n(-c7ccccc7)c56)cc34)cc2)cc1. The Balaban J connectivity index is 1.05. The van der Waals surface area contributed by atoms with E-state index < -0.39 is 0 Å². The molecule has 0 amide bonds. The Morgan fingerprint density at radius 3 is 1.66 bits per heavy atom. The summed E-state index contributed by atoms with van der Waals surface area (Å²) in [5.74, 6) is -0.0967. The van der Waals surface area contributed by atoms with Crippen molar-refractivity contribution in [3.63, 3.8) is 0 Å². The predicted octanol–water partition coefficient (Wildman–Crippen LogP) is 20.0. The van der Waals surface area contributed by atoms with Crippen molar-refractivity contribution in [2.75, 3.05) is 4.90 Å². The minimum absolute atomic E-state index is 0.0967. The Kier molecular flexibility index (Phi) is 10.8. The summed E-state index contributed by atoms with van der Waals surface area (Å²) in [5, 5.41) is 7.47. The van der Waals surface area contributed by atoms with E-state index in [-0.39, 0.29) is 5.92 Å². The number of hydrogen-bond donors (Lipinski definition) is 0. The lowest BCUT2D eigenvalue weighted by Crippen LogP contribution is -2.12. The van der Waals surface area contributed by atoms with Crippen molar-refractivity contribution in [2.45, 2.75) is 5.92 Å². The van der Waals surface area contributed by atoms with Crippen LogP contribution in [0.25, 0.3) is 91.8 Å². The molecule has 0 aliphatic rings. The first kappa shape index (κ1) is 43.5. The third kappa shape index (κ3) is 7.48. The van der Waals surface area contributed by atoms with Crippen molar-refractivity contribution in [3.05, 3.63) is 302 Å². The van der Waals surface area contributed by atoms with Crippen molar-refractivity contribution in [1.82, 2.24) is 4.57 Å². The van der Waals surface area contributed by atoms with Crippen LogP contribution in [0.5, 0.6) is 0 Å². The largest absolute Gasteiger partial charge is 0.309 e. The molecule has 2 heterocycles. The van der Waals surface area contributed by atoms with Gasteiger partial charge in [0.15, 0.2) is 0 Å². The Bertz CT molecular complexity index is 4330. The number of nitrogens with zero attached hydrogens (tertiary/aromatic N) is 2. The van der Waals surface area contributed by atoms with E-state index in [1.54, 1.807) is 0 Å². The molecule has 0 fully saturated rings. The molecule has 348 valence electrons. The highest BCUT2D eigenvalue weighted by molar-refractivity contribution is 7.26. The second-order valence-corrected chi connectivity index (χ2v) is 20.2. The predicted molar refractivity (Wildman–Crippen MR) is 316 cm³/mol. The average molecular weight is 961 g/mol. The van der Waals surface area contributed by atoms with Crippen LogP contribution in [0.15, 0.2) is 285 Å². The van der Waals surface area contributed by atoms with Crippen molar-refractivity contribution < 1.29 is 0 Å². The normalized spacial score (nSPS) is 12.0. The molecule has 14 aromatic rings. The van der Waals surface area contributed by atoms with E-state index in [1.165, 1.54) is 103 Å². The van der Waals surface area contributed by atoms with Gasteiger partial charge in [-0.15, -0.1) is 11.3 Å². The minimum atomic E-state index is -0.0967. The first-order chi connectivity index (χ1) is 36.7. The lowest BCUT2D eigenvalue weighted by Gasteiger charge is -2.29. The first-order valence-corrected chi connectivity index (χ1v) is 26.3. The molecule has 0 radical (unpaired) electrons. The van der Waals surface area contributed by atoms with Crippen LogP contribution >= 0.6 is 11.3 Å². The highest BCUT2D eigenvalue weighted by atomic mass is 32.1. The van der Waals surface area contributed by atoms with Crippen molar-refractivity contribution in [2.24, 2.45) is 0 Å². The van der Waals surface area contributed by atoms with Crippen molar-refractivity contribution in [1.29, 1.82) is 0 Å². The monoisotopic (exact) mass is 960 g/mol. The summed E-state index contributed by atoms with van der Waals surface area (Å²) in [6.07, 6.45) is 0. The summed E-state index contributed by atoms with van der Waals surface area (Å²) in [4.78, 5) is 2.48. The van der Waals surface area contributed by atoms with E-state index in [1.807, 2.05) is 11.3 Å². The Labute approximate surface area is 434 Å². The second kappa shape index (κ2) is 18.4. The Morgan fingerprint density at radius 1 is 0.338 bits per heavy atom. The van der Waals surface area contributed by atoms with Gasteiger partial charge in [0.05, 0.1) is 21.4 Å². The summed E-state index contributed by atoms with van der Waals surface area (Å²) >= 11 is 1.88. The van der Waals surface area contributed by atoms with Crippen molar-refractivity contribution in [3.8, 4) is 39.1 Å². The second-order valence-electron chi connectivity index (χ2n) is 19.2. The number of benzene rings is 12. The van der Waals surface area contributed by atoms with E-state index in [2.05, 4.69) is 295 Å². The van der Waals surface area contributed by atoms with Crippen LogP contribution in [0.3, 0.4) is 0 Å². The van der Waals surface area contributed by atoms with Gasteiger partial charge in [-0.25, -0.2) is 0 Å². The van der Waals surface area contributed by atoms with Gasteiger partial charge in [-0.05, 0) is 122 Å². The molecule has 0 aliphatic carbocycles. The van der Waals surface area contributed by atoms with Crippen LogP contribution in [-0.4, -0.2) is 4.57 Å². The highest BCUT2D eigenvalue weighted by Gasteiger charge is 2.27. The molecule has 0 aliphatic heterocycles. The fourth-order valence-electron chi connectivity index (χ4n) is 11.6. The van der Waals surface area contributed by atoms with Gasteiger partial charge in [0.25, 0.3) is 0 Å². The van der Waals surface area contributed by atoms with E-state index in [0.717, 1.165) is 22.7 Å². The number of fused-ring (bicyclic) bond motifs is 7. The zero-order chi connectivity index (χ0) is 49.0. The zero-order valence-corrected chi connectivity index (χ0v) is 41.3. The van der Waals surface area contributed by atoms with Gasteiger partial charge < -0.3 is 9.47 Å². The maximum absolute atomic E-state index is 2.52. The molecule has 0 saturated carbocycles. The van der Waals surface area contributed by atoms with Gasteiger partial charge in [0, 0.05) is 54.8 Å². The highest BCUT2D eigenvalue weighted by Crippen LogP contribution is 2.50. The molecule has 3 heteroatoms. The molecule has 2 aromatic heterocycles. The lowest BCUT2D eigenvalue weighted by atomic mass is 9.81. The summed E-state index contributed by atoms with van der Waals surface area (Å²) in [5.41, 5.74) is 17.9. The van der Waals surface area contributed by atoms with Crippen LogP contribution in [-0.2, 0) is 0 Å². The van der Waals surface area contributed by atoms with Gasteiger partial charge in [-0.2, -0.15) is 0 Å². The molecule has 0 bridgehead atoms. The molecule has 0 saturated heterocycles. The third-order valence-corrected chi connectivity index (χ3v) is 16.1. The fourth-order valence-corrected chi connectivity index (χ4v) is 12.7. The number of para-hydroxylation sites is 4. The van der Waals surface area contributed by atoms with E-state index >= 15 is 0 Å². The van der Waals surface area contributed by atoms with Gasteiger partial charge in [0.1, 0.15) is 0 Å². The average Bonchev–Trinajstić information content (AvgIpc) is 4.03. The number of hydrogen-bond acceptors (Lipinski definition) is 2. The molecule has 0 spiro atoms. The first-order valence-electron chi connectivity index (χ1n) is 25.4. The number of rotatable bonds is 10.